The molecule has 0 bridgehead atoms. The minimum absolute atomic E-state index is 0.760. The van der Waals surface area contributed by atoms with E-state index in [9.17, 15) is 0 Å². The van der Waals surface area contributed by atoms with Crippen molar-refractivity contribution in [3.05, 3.63) is 35.6 Å². The van der Waals surface area contributed by atoms with Crippen molar-refractivity contribution in [1.29, 1.82) is 0 Å². The van der Waals surface area contributed by atoms with Crippen LogP contribution in [0.3, 0.4) is 0 Å². The first-order chi connectivity index (χ1) is 6.57. The summed E-state index contributed by atoms with van der Waals surface area (Å²) in [4.78, 5) is 0. The molecule has 0 heterocycles. The van der Waals surface area contributed by atoms with Crippen LogP contribution in [0.25, 0.3) is 0 Å². The summed E-state index contributed by atoms with van der Waals surface area (Å²) in [6.45, 7) is 17.6. The standard InChI is InChI=1S/C9H15N.2C2H6/c1-5-8(4)6-9(10)7(2)3;2*1-2/h5-6H,2,10H2,1,3-4H3;2*1-2H3/b8-5-,9-6+;;. The third-order valence-corrected chi connectivity index (χ3v) is 1.33. The van der Waals surface area contributed by atoms with Gasteiger partial charge in [-0.25, -0.2) is 0 Å². The molecule has 2 N–H and O–H groups in total. The molecule has 0 saturated carbocycles. The molecule has 0 aromatic carbocycles. The minimum Gasteiger partial charge on any atom is -0.399 e. The molecule has 0 aromatic rings. The maximum Gasteiger partial charge on any atom is 0.0340 e. The molecule has 0 aliphatic heterocycles. The lowest BCUT2D eigenvalue weighted by Gasteiger charge is -1.97. The van der Waals surface area contributed by atoms with Gasteiger partial charge in [-0.1, -0.05) is 45.9 Å². The van der Waals surface area contributed by atoms with Gasteiger partial charge in [0.15, 0.2) is 0 Å². The molecular formula is C13H27N. The summed E-state index contributed by atoms with van der Waals surface area (Å²) >= 11 is 0. The van der Waals surface area contributed by atoms with Crippen LogP contribution in [-0.2, 0) is 0 Å². The summed E-state index contributed by atoms with van der Waals surface area (Å²) in [6.07, 6.45) is 3.93. The second kappa shape index (κ2) is 14.5. The highest BCUT2D eigenvalue weighted by molar-refractivity contribution is 5.30. The zero-order valence-electron chi connectivity index (χ0n) is 10.9. The normalized spacial score (nSPS) is 10.5. The van der Waals surface area contributed by atoms with Crippen molar-refractivity contribution in [2.24, 2.45) is 5.73 Å². The largest absolute Gasteiger partial charge is 0.399 e. The van der Waals surface area contributed by atoms with Crippen molar-refractivity contribution in [1.82, 2.24) is 0 Å². The second-order valence-corrected chi connectivity index (χ2v) is 2.41. The van der Waals surface area contributed by atoms with E-state index in [-0.39, 0.29) is 0 Å². The number of rotatable bonds is 2. The molecule has 1 heteroatoms. The second-order valence-electron chi connectivity index (χ2n) is 2.41. The zero-order chi connectivity index (χ0) is 12.1. The van der Waals surface area contributed by atoms with Crippen LogP contribution >= 0.6 is 0 Å². The number of hydrogen-bond acceptors (Lipinski definition) is 1. The first kappa shape index (κ1) is 18.7. The van der Waals surface area contributed by atoms with Crippen molar-refractivity contribution >= 4 is 0 Å². The highest BCUT2D eigenvalue weighted by Crippen LogP contribution is 2.03. The molecule has 14 heavy (non-hydrogen) atoms. The number of nitrogens with two attached hydrogens (primary N) is 1. The average molecular weight is 197 g/mol. The molecule has 0 rings (SSSR count). The summed E-state index contributed by atoms with van der Waals surface area (Å²) < 4.78 is 0. The molecule has 0 aliphatic carbocycles. The monoisotopic (exact) mass is 197 g/mol. The first-order valence-electron chi connectivity index (χ1n) is 5.34. The highest BCUT2D eigenvalue weighted by Gasteiger charge is 1.88. The maximum atomic E-state index is 5.61. The summed E-state index contributed by atoms with van der Waals surface area (Å²) in [5.74, 6) is 0. The van der Waals surface area contributed by atoms with Gasteiger partial charge in [0.2, 0.25) is 0 Å². The van der Waals surface area contributed by atoms with E-state index in [2.05, 4.69) is 6.58 Å². The van der Waals surface area contributed by atoms with E-state index < -0.39 is 0 Å². The predicted octanol–water partition coefficient (Wildman–Crippen LogP) is 4.42. The fourth-order valence-corrected chi connectivity index (χ4v) is 0.452. The Morgan fingerprint density at radius 2 is 1.43 bits per heavy atom. The molecule has 1 nitrogen and oxygen atoms in total. The van der Waals surface area contributed by atoms with Crippen molar-refractivity contribution in [3.8, 4) is 0 Å². The van der Waals surface area contributed by atoms with Crippen LogP contribution in [-0.4, -0.2) is 0 Å². The number of allylic oxidation sites excluding steroid dienone is 4. The van der Waals surface area contributed by atoms with E-state index in [1.54, 1.807) is 0 Å². The lowest BCUT2D eigenvalue weighted by Crippen LogP contribution is -1.97. The lowest BCUT2D eigenvalue weighted by atomic mass is 10.2. The van der Waals surface area contributed by atoms with Crippen molar-refractivity contribution < 1.29 is 0 Å². The summed E-state index contributed by atoms with van der Waals surface area (Å²) in [5, 5.41) is 0. The zero-order valence-corrected chi connectivity index (χ0v) is 10.9. The first-order valence-corrected chi connectivity index (χ1v) is 5.34. The Labute approximate surface area is 90.4 Å². The van der Waals surface area contributed by atoms with Crippen molar-refractivity contribution in [2.45, 2.75) is 48.5 Å². The maximum absolute atomic E-state index is 5.61. The molecule has 0 aromatic heterocycles. The smallest absolute Gasteiger partial charge is 0.0340 e. The van der Waals surface area contributed by atoms with Gasteiger partial charge in [0.25, 0.3) is 0 Å². The Hall–Kier alpha value is -0.980. The van der Waals surface area contributed by atoms with Crippen molar-refractivity contribution in [3.63, 3.8) is 0 Å². The Morgan fingerprint density at radius 1 is 1.07 bits per heavy atom. The Morgan fingerprint density at radius 3 is 1.64 bits per heavy atom. The van der Waals surface area contributed by atoms with E-state index in [1.807, 2.05) is 60.6 Å². The summed E-state index contributed by atoms with van der Waals surface area (Å²) in [5.41, 5.74) is 8.46. The third-order valence-electron chi connectivity index (χ3n) is 1.33. The molecule has 0 atom stereocenters. The fourth-order valence-electron chi connectivity index (χ4n) is 0.452. The van der Waals surface area contributed by atoms with E-state index in [1.165, 1.54) is 5.57 Å². The van der Waals surface area contributed by atoms with Gasteiger partial charge in [-0.15, -0.1) is 0 Å². The molecule has 0 spiro atoms. The van der Waals surface area contributed by atoms with Gasteiger partial charge in [0.1, 0.15) is 0 Å². The van der Waals surface area contributed by atoms with Crippen LogP contribution in [0, 0.1) is 0 Å². The van der Waals surface area contributed by atoms with Crippen molar-refractivity contribution in [2.75, 3.05) is 0 Å². The Kier molecular flexibility index (Phi) is 19.5. The lowest BCUT2D eigenvalue weighted by molar-refractivity contribution is 1.28. The molecule has 0 amide bonds. The van der Waals surface area contributed by atoms with E-state index in [0.717, 1.165) is 11.3 Å². The topological polar surface area (TPSA) is 26.0 Å². The van der Waals surface area contributed by atoms with E-state index >= 15 is 0 Å². The van der Waals surface area contributed by atoms with Crippen LogP contribution in [0.5, 0.6) is 0 Å². The quantitative estimate of drug-likeness (QED) is 0.651. The number of hydrogen-bond donors (Lipinski definition) is 1. The third kappa shape index (κ3) is 13.6. The van der Waals surface area contributed by atoms with Gasteiger partial charge >= 0.3 is 0 Å². The van der Waals surface area contributed by atoms with Crippen LogP contribution in [0.15, 0.2) is 35.6 Å². The van der Waals surface area contributed by atoms with Crippen LogP contribution in [0.1, 0.15) is 48.5 Å². The Bertz CT molecular complexity index is 185. The van der Waals surface area contributed by atoms with Crippen LogP contribution in [0.2, 0.25) is 0 Å². The van der Waals surface area contributed by atoms with E-state index in [4.69, 9.17) is 5.73 Å². The highest BCUT2D eigenvalue weighted by atomic mass is 14.6. The predicted molar refractivity (Wildman–Crippen MR) is 69.2 cm³/mol. The summed E-state index contributed by atoms with van der Waals surface area (Å²) in [7, 11) is 0. The molecule has 84 valence electrons. The molecule has 0 radical (unpaired) electrons. The molecular weight excluding hydrogens is 170 g/mol. The SMILES string of the molecule is C=C(C)/C(N)=C\C(C)=C/C.CC.CC. The van der Waals surface area contributed by atoms with Gasteiger partial charge in [-0.3, -0.25) is 0 Å². The van der Waals surface area contributed by atoms with Gasteiger partial charge in [0.05, 0.1) is 0 Å². The van der Waals surface area contributed by atoms with Gasteiger partial charge < -0.3 is 5.73 Å². The molecule has 0 fully saturated rings. The fraction of sp³-hybridized carbons (Fsp3) is 0.538. The molecule has 0 aliphatic rings. The van der Waals surface area contributed by atoms with E-state index in [0.29, 0.717) is 0 Å². The van der Waals surface area contributed by atoms with Gasteiger partial charge in [-0.2, -0.15) is 0 Å². The van der Waals surface area contributed by atoms with Crippen LogP contribution in [0.4, 0.5) is 0 Å². The van der Waals surface area contributed by atoms with Gasteiger partial charge in [-0.05, 0) is 32.4 Å². The minimum atomic E-state index is 0.760. The molecule has 0 saturated heterocycles. The average Bonchev–Trinajstić information content (AvgIpc) is 2.23. The summed E-state index contributed by atoms with van der Waals surface area (Å²) in [6, 6.07) is 0. The molecule has 0 unspecified atom stereocenters. The Balaban J connectivity index is -0.000000266. The van der Waals surface area contributed by atoms with Gasteiger partial charge in [0, 0.05) is 5.70 Å². The van der Waals surface area contributed by atoms with Crippen LogP contribution < -0.4 is 5.73 Å².